The zero-order chi connectivity index (χ0) is 11.5. The Balaban J connectivity index is 2.25. The molecular formula is C13H16ClNO. The van der Waals surface area contributed by atoms with E-state index in [0.29, 0.717) is 0 Å². The van der Waals surface area contributed by atoms with Gasteiger partial charge in [0.25, 0.3) is 0 Å². The molecule has 0 aromatic heterocycles. The summed E-state index contributed by atoms with van der Waals surface area (Å²) < 4.78 is 5.31. The van der Waals surface area contributed by atoms with Crippen LogP contribution >= 0.6 is 11.6 Å². The molecule has 16 heavy (non-hydrogen) atoms. The highest BCUT2D eigenvalue weighted by Gasteiger charge is 2.15. The molecule has 3 heteroatoms. The van der Waals surface area contributed by atoms with Gasteiger partial charge in [0.2, 0.25) is 0 Å². The molecule has 1 unspecified atom stereocenters. The first-order valence-electron chi connectivity index (χ1n) is 5.50. The molecule has 1 aliphatic heterocycles. The van der Waals surface area contributed by atoms with Gasteiger partial charge in [0.15, 0.2) is 0 Å². The van der Waals surface area contributed by atoms with E-state index in [0.717, 1.165) is 41.2 Å². The Bertz CT molecular complexity index is 394. The van der Waals surface area contributed by atoms with E-state index >= 15 is 0 Å². The van der Waals surface area contributed by atoms with Crippen molar-refractivity contribution in [2.45, 2.75) is 25.8 Å². The molecule has 0 saturated heterocycles. The zero-order valence-electron chi connectivity index (χ0n) is 9.37. The van der Waals surface area contributed by atoms with Gasteiger partial charge in [0, 0.05) is 5.02 Å². The quantitative estimate of drug-likeness (QED) is 0.856. The summed E-state index contributed by atoms with van der Waals surface area (Å²) in [5.74, 6) is 0. The molecule has 0 saturated carbocycles. The maximum absolute atomic E-state index is 6.20. The maximum atomic E-state index is 6.20. The lowest BCUT2D eigenvalue weighted by Crippen LogP contribution is -2.16. The largest absolute Gasteiger partial charge is 0.501 e. The van der Waals surface area contributed by atoms with Crippen molar-refractivity contribution in [3.05, 3.63) is 46.2 Å². The second-order valence-electron chi connectivity index (χ2n) is 4.21. The predicted octanol–water partition coefficient (Wildman–Crippen LogP) is 3.34. The van der Waals surface area contributed by atoms with Crippen LogP contribution in [0.25, 0.3) is 0 Å². The van der Waals surface area contributed by atoms with Gasteiger partial charge in [0.1, 0.15) is 0 Å². The Labute approximate surface area is 101 Å². The first-order chi connectivity index (χ1) is 7.66. The molecule has 0 bridgehead atoms. The molecule has 2 nitrogen and oxygen atoms in total. The SMILES string of the molecule is Cc1cc(Cl)cc(C(N)C2=COCCC2)c1. The molecule has 2 N–H and O–H groups in total. The number of hydrogen-bond acceptors (Lipinski definition) is 2. The van der Waals surface area contributed by atoms with Crippen LogP contribution in [0.15, 0.2) is 30.0 Å². The minimum atomic E-state index is -0.0994. The predicted molar refractivity (Wildman–Crippen MR) is 66.4 cm³/mol. The Hall–Kier alpha value is -0.990. The van der Waals surface area contributed by atoms with Crippen LogP contribution in [0.4, 0.5) is 0 Å². The van der Waals surface area contributed by atoms with Crippen LogP contribution in [0.3, 0.4) is 0 Å². The van der Waals surface area contributed by atoms with E-state index in [1.807, 2.05) is 19.1 Å². The van der Waals surface area contributed by atoms with Crippen LogP contribution < -0.4 is 5.73 Å². The molecular weight excluding hydrogens is 222 g/mol. The van der Waals surface area contributed by atoms with Crippen LogP contribution in [0.5, 0.6) is 0 Å². The normalized spacial score (nSPS) is 17.6. The minimum Gasteiger partial charge on any atom is -0.501 e. The van der Waals surface area contributed by atoms with Crippen LogP contribution in [0.2, 0.25) is 5.02 Å². The molecule has 0 radical (unpaired) electrons. The van der Waals surface area contributed by atoms with E-state index in [-0.39, 0.29) is 6.04 Å². The highest BCUT2D eigenvalue weighted by atomic mass is 35.5. The van der Waals surface area contributed by atoms with Crippen molar-refractivity contribution in [1.82, 2.24) is 0 Å². The average Bonchev–Trinajstić information content (AvgIpc) is 2.28. The standard InChI is InChI=1S/C13H16ClNO/c1-9-5-11(7-12(14)6-9)13(15)10-3-2-4-16-8-10/h5-8,13H,2-4,15H2,1H3. The number of halogens is 1. The van der Waals surface area contributed by atoms with Gasteiger partial charge in [-0.1, -0.05) is 17.7 Å². The molecule has 1 aliphatic rings. The monoisotopic (exact) mass is 237 g/mol. The minimum absolute atomic E-state index is 0.0994. The Morgan fingerprint density at radius 2 is 2.19 bits per heavy atom. The molecule has 0 amide bonds. The van der Waals surface area contributed by atoms with Crippen LogP contribution in [0.1, 0.15) is 30.0 Å². The molecule has 1 aromatic carbocycles. The van der Waals surface area contributed by atoms with E-state index in [4.69, 9.17) is 22.1 Å². The number of nitrogens with two attached hydrogens (primary N) is 1. The average molecular weight is 238 g/mol. The molecule has 1 aromatic rings. The first-order valence-corrected chi connectivity index (χ1v) is 5.88. The molecule has 0 aliphatic carbocycles. The molecule has 0 fully saturated rings. The Morgan fingerprint density at radius 3 is 2.81 bits per heavy atom. The van der Waals surface area contributed by atoms with Crippen molar-refractivity contribution < 1.29 is 4.74 Å². The zero-order valence-corrected chi connectivity index (χ0v) is 10.1. The van der Waals surface area contributed by atoms with Crippen molar-refractivity contribution in [2.24, 2.45) is 5.73 Å². The second-order valence-corrected chi connectivity index (χ2v) is 4.64. The van der Waals surface area contributed by atoms with Crippen molar-refractivity contribution in [3.63, 3.8) is 0 Å². The topological polar surface area (TPSA) is 35.2 Å². The number of benzene rings is 1. The highest BCUT2D eigenvalue weighted by molar-refractivity contribution is 6.30. The van der Waals surface area contributed by atoms with E-state index in [2.05, 4.69) is 6.07 Å². The van der Waals surface area contributed by atoms with E-state index in [9.17, 15) is 0 Å². The van der Waals surface area contributed by atoms with E-state index in [1.165, 1.54) is 0 Å². The second kappa shape index (κ2) is 4.89. The van der Waals surface area contributed by atoms with Crippen molar-refractivity contribution in [3.8, 4) is 0 Å². The van der Waals surface area contributed by atoms with Crippen molar-refractivity contribution in [1.29, 1.82) is 0 Å². The van der Waals surface area contributed by atoms with Crippen LogP contribution in [-0.4, -0.2) is 6.61 Å². The van der Waals surface area contributed by atoms with Gasteiger partial charge in [-0.15, -0.1) is 0 Å². The number of rotatable bonds is 2. The summed E-state index contributed by atoms with van der Waals surface area (Å²) in [6.45, 7) is 2.82. The molecule has 2 rings (SSSR count). The molecule has 1 heterocycles. The lowest BCUT2D eigenvalue weighted by Gasteiger charge is -2.20. The number of hydrogen-bond donors (Lipinski definition) is 1. The van der Waals surface area contributed by atoms with Gasteiger partial charge in [-0.05, 0) is 48.6 Å². The van der Waals surface area contributed by atoms with Gasteiger partial charge in [-0.25, -0.2) is 0 Å². The molecule has 1 atom stereocenters. The lowest BCUT2D eigenvalue weighted by molar-refractivity contribution is 0.221. The van der Waals surface area contributed by atoms with E-state index in [1.54, 1.807) is 6.26 Å². The van der Waals surface area contributed by atoms with Crippen LogP contribution in [0, 0.1) is 6.92 Å². The van der Waals surface area contributed by atoms with Gasteiger partial charge in [-0.3, -0.25) is 0 Å². The van der Waals surface area contributed by atoms with Gasteiger partial charge >= 0.3 is 0 Å². The van der Waals surface area contributed by atoms with Gasteiger partial charge < -0.3 is 10.5 Å². The Morgan fingerprint density at radius 1 is 1.38 bits per heavy atom. The summed E-state index contributed by atoms with van der Waals surface area (Å²) in [5, 5.41) is 0.739. The summed E-state index contributed by atoms with van der Waals surface area (Å²) in [4.78, 5) is 0. The third-order valence-corrected chi connectivity index (χ3v) is 3.00. The lowest BCUT2D eigenvalue weighted by atomic mass is 9.95. The van der Waals surface area contributed by atoms with Gasteiger partial charge in [-0.2, -0.15) is 0 Å². The molecule has 86 valence electrons. The fourth-order valence-electron chi connectivity index (χ4n) is 1.97. The third kappa shape index (κ3) is 2.57. The fourth-order valence-corrected chi connectivity index (χ4v) is 2.27. The summed E-state index contributed by atoms with van der Waals surface area (Å²) in [7, 11) is 0. The van der Waals surface area contributed by atoms with Crippen LogP contribution in [-0.2, 0) is 4.74 Å². The highest BCUT2D eigenvalue weighted by Crippen LogP contribution is 2.27. The third-order valence-electron chi connectivity index (χ3n) is 2.79. The number of ether oxygens (including phenoxy) is 1. The Kier molecular flexibility index (Phi) is 3.52. The van der Waals surface area contributed by atoms with Crippen molar-refractivity contribution in [2.75, 3.05) is 6.61 Å². The maximum Gasteiger partial charge on any atom is 0.0876 e. The summed E-state index contributed by atoms with van der Waals surface area (Å²) in [5.41, 5.74) is 9.54. The summed E-state index contributed by atoms with van der Waals surface area (Å²) in [6, 6.07) is 5.84. The molecule has 0 spiro atoms. The van der Waals surface area contributed by atoms with E-state index < -0.39 is 0 Å². The summed E-state index contributed by atoms with van der Waals surface area (Å²) in [6.07, 6.45) is 3.84. The first kappa shape index (κ1) is 11.5. The summed E-state index contributed by atoms with van der Waals surface area (Å²) >= 11 is 6.03. The smallest absolute Gasteiger partial charge is 0.0876 e. The number of aryl methyl sites for hydroxylation is 1. The van der Waals surface area contributed by atoms with Crippen molar-refractivity contribution >= 4 is 11.6 Å². The fraction of sp³-hybridized carbons (Fsp3) is 0.385. The van der Waals surface area contributed by atoms with Gasteiger partial charge in [0.05, 0.1) is 18.9 Å².